The maximum atomic E-state index is 12.7. The first-order chi connectivity index (χ1) is 11.0. The number of nitrogens with zero attached hydrogens (tertiary/aromatic N) is 4. The summed E-state index contributed by atoms with van der Waals surface area (Å²) in [4.78, 5) is 14.7. The van der Waals surface area contributed by atoms with Crippen LogP contribution < -0.4 is 0 Å². The van der Waals surface area contributed by atoms with E-state index in [0.717, 1.165) is 54.3 Å². The molecule has 1 aliphatic heterocycles. The van der Waals surface area contributed by atoms with Crippen molar-refractivity contribution < 1.29 is 9.32 Å². The summed E-state index contributed by atoms with van der Waals surface area (Å²) >= 11 is 0. The average molecular weight is 316 g/mol. The van der Waals surface area contributed by atoms with Crippen molar-refractivity contribution in [3.8, 4) is 0 Å². The second-order valence-corrected chi connectivity index (χ2v) is 6.47. The van der Waals surface area contributed by atoms with Crippen molar-refractivity contribution in [2.24, 2.45) is 0 Å². The van der Waals surface area contributed by atoms with Crippen molar-refractivity contribution >= 4 is 5.91 Å². The van der Waals surface area contributed by atoms with Crippen LogP contribution in [0.3, 0.4) is 0 Å². The van der Waals surface area contributed by atoms with Crippen LogP contribution in [-0.4, -0.2) is 38.3 Å². The van der Waals surface area contributed by atoms with E-state index in [4.69, 9.17) is 4.52 Å². The molecule has 6 nitrogen and oxygen atoms in total. The van der Waals surface area contributed by atoms with Gasteiger partial charge in [0.2, 0.25) is 5.91 Å². The van der Waals surface area contributed by atoms with E-state index in [1.807, 2.05) is 30.4 Å². The molecule has 0 aromatic carbocycles. The fourth-order valence-electron chi connectivity index (χ4n) is 3.42. The Morgan fingerprint density at radius 2 is 2.13 bits per heavy atom. The third-order valence-corrected chi connectivity index (χ3v) is 4.69. The zero-order valence-corrected chi connectivity index (χ0v) is 14.3. The molecule has 1 atom stereocenters. The maximum absolute atomic E-state index is 12.7. The summed E-state index contributed by atoms with van der Waals surface area (Å²) in [5, 5.41) is 8.46. The smallest absolute Gasteiger partial charge is 0.227 e. The lowest BCUT2D eigenvalue weighted by molar-refractivity contribution is -0.131. The highest BCUT2D eigenvalue weighted by Crippen LogP contribution is 2.22. The Hall–Kier alpha value is -2.11. The minimum absolute atomic E-state index is 0.156. The van der Waals surface area contributed by atoms with E-state index >= 15 is 0 Å². The second-order valence-electron chi connectivity index (χ2n) is 6.47. The third-order valence-electron chi connectivity index (χ3n) is 4.69. The topological polar surface area (TPSA) is 64.2 Å². The number of aromatic nitrogens is 3. The van der Waals surface area contributed by atoms with Gasteiger partial charge in [0.15, 0.2) is 0 Å². The van der Waals surface area contributed by atoms with Gasteiger partial charge in [0.25, 0.3) is 0 Å². The zero-order valence-electron chi connectivity index (χ0n) is 14.3. The number of amides is 1. The van der Waals surface area contributed by atoms with Crippen LogP contribution in [0, 0.1) is 27.7 Å². The molecule has 6 heteroatoms. The normalized spacial score (nSPS) is 17.9. The first-order valence-corrected chi connectivity index (χ1v) is 8.18. The summed E-state index contributed by atoms with van der Waals surface area (Å²) in [6.45, 7) is 9.40. The van der Waals surface area contributed by atoms with Gasteiger partial charge in [-0.05, 0) is 46.6 Å². The first-order valence-electron chi connectivity index (χ1n) is 8.18. The van der Waals surface area contributed by atoms with Gasteiger partial charge >= 0.3 is 0 Å². The van der Waals surface area contributed by atoms with Crippen molar-refractivity contribution in [1.29, 1.82) is 0 Å². The number of carbonyl (C=O) groups excluding carboxylic acids is 1. The van der Waals surface area contributed by atoms with E-state index in [2.05, 4.69) is 23.2 Å². The predicted molar refractivity (Wildman–Crippen MR) is 86.1 cm³/mol. The highest BCUT2D eigenvalue weighted by atomic mass is 16.5. The Bertz CT molecular complexity index is 697. The number of hydrogen-bond donors (Lipinski definition) is 0. The number of hydrogen-bond acceptors (Lipinski definition) is 4. The highest BCUT2D eigenvalue weighted by molar-refractivity contribution is 5.79. The molecule has 1 saturated heterocycles. The number of likely N-dealkylation sites (tertiary alicyclic amines) is 1. The molecule has 3 rings (SSSR count). The van der Waals surface area contributed by atoms with Crippen LogP contribution in [0.25, 0.3) is 0 Å². The molecule has 0 spiro atoms. The van der Waals surface area contributed by atoms with Crippen molar-refractivity contribution in [3.63, 3.8) is 0 Å². The molecular formula is C17H24N4O2. The second kappa shape index (κ2) is 6.18. The van der Waals surface area contributed by atoms with Crippen LogP contribution in [0.1, 0.15) is 41.2 Å². The van der Waals surface area contributed by atoms with Gasteiger partial charge in [0, 0.05) is 17.8 Å². The minimum atomic E-state index is 0.156. The summed E-state index contributed by atoms with van der Waals surface area (Å²) in [5.41, 5.74) is 3.90. The van der Waals surface area contributed by atoms with E-state index in [9.17, 15) is 4.79 Å². The SMILES string of the molecule is Cc1cc(C)n(C[C@@H]2CCCN2C(=O)Cc2c(C)noc2C)n1. The highest BCUT2D eigenvalue weighted by Gasteiger charge is 2.30. The molecule has 0 saturated carbocycles. The van der Waals surface area contributed by atoms with Gasteiger partial charge in [0.1, 0.15) is 5.76 Å². The standard InChI is InChI=1S/C17H24N4O2/c1-11-8-12(2)21(18-11)10-15-6-5-7-20(15)17(22)9-16-13(3)19-23-14(16)4/h8,15H,5-7,9-10H2,1-4H3/t15-/m0/s1. The van der Waals surface area contributed by atoms with Crippen LogP contribution in [-0.2, 0) is 17.8 Å². The molecule has 1 aliphatic rings. The fourth-order valence-corrected chi connectivity index (χ4v) is 3.42. The number of aryl methyl sites for hydroxylation is 4. The lowest BCUT2D eigenvalue weighted by Crippen LogP contribution is -2.39. The lowest BCUT2D eigenvalue weighted by Gasteiger charge is -2.25. The van der Waals surface area contributed by atoms with Gasteiger partial charge in [-0.2, -0.15) is 5.10 Å². The Labute approximate surface area is 136 Å². The van der Waals surface area contributed by atoms with Gasteiger partial charge in [-0.3, -0.25) is 9.48 Å². The Balaban J connectivity index is 1.71. The van der Waals surface area contributed by atoms with Gasteiger partial charge < -0.3 is 9.42 Å². The van der Waals surface area contributed by atoms with E-state index in [0.29, 0.717) is 6.42 Å². The summed E-state index contributed by atoms with van der Waals surface area (Å²) in [6.07, 6.45) is 2.46. The van der Waals surface area contributed by atoms with Crippen molar-refractivity contribution in [3.05, 3.63) is 34.5 Å². The van der Waals surface area contributed by atoms with Gasteiger partial charge in [-0.15, -0.1) is 0 Å². The predicted octanol–water partition coefficient (Wildman–Crippen LogP) is 2.34. The molecule has 2 aromatic heterocycles. The van der Waals surface area contributed by atoms with Crippen LogP contribution in [0.5, 0.6) is 0 Å². The van der Waals surface area contributed by atoms with E-state index in [-0.39, 0.29) is 11.9 Å². The van der Waals surface area contributed by atoms with Crippen molar-refractivity contribution in [2.45, 2.75) is 59.5 Å². The molecule has 0 bridgehead atoms. The Morgan fingerprint density at radius 1 is 1.35 bits per heavy atom. The molecule has 1 amide bonds. The van der Waals surface area contributed by atoms with Crippen LogP contribution in [0.4, 0.5) is 0 Å². The van der Waals surface area contributed by atoms with E-state index < -0.39 is 0 Å². The molecule has 3 heterocycles. The first kappa shape index (κ1) is 15.8. The maximum Gasteiger partial charge on any atom is 0.227 e. The fraction of sp³-hybridized carbons (Fsp3) is 0.588. The third kappa shape index (κ3) is 3.16. The summed E-state index contributed by atoms with van der Waals surface area (Å²) in [7, 11) is 0. The molecule has 0 N–H and O–H groups in total. The summed E-state index contributed by atoms with van der Waals surface area (Å²) in [5.74, 6) is 0.897. The number of carbonyl (C=O) groups is 1. The van der Waals surface area contributed by atoms with Gasteiger partial charge in [-0.25, -0.2) is 0 Å². The molecule has 0 radical (unpaired) electrons. The average Bonchev–Trinajstić information content (AvgIpc) is 3.16. The molecule has 1 fully saturated rings. The summed E-state index contributed by atoms with van der Waals surface area (Å²) in [6, 6.07) is 2.30. The molecule has 0 unspecified atom stereocenters. The van der Waals surface area contributed by atoms with Crippen LogP contribution in [0.2, 0.25) is 0 Å². The zero-order chi connectivity index (χ0) is 16.6. The quantitative estimate of drug-likeness (QED) is 0.868. The van der Waals surface area contributed by atoms with Crippen molar-refractivity contribution in [2.75, 3.05) is 6.54 Å². The van der Waals surface area contributed by atoms with E-state index in [1.54, 1.807) is 0 Å². The van der Waals surface area contributed by atoms with Gasteiger partial charge in [0.05, 0.1) is 30.4 Å². The van der Waals surface area contributed by atoms with Gasteiger partial charge in [-0.1, -0.05) is 5.16 Å². The van der Waals surface area contributed by atoms with Crippen LogP contribution >= 0.6 is 0 Å². The number of rotatable bonds is 4. The minimum Gasteiger partial charge on any atom is -0.361 e. The van der Waals surface area contributed by atoms with Crippen LogP contribution in [0.15, 0.2) is 10.6 Å². The molecule has 23 heavy (non-hydrogen) atoms. The molecule has 124 valence electrons. The molecular weight excluding hydrogens is 292 g/mol. The van der Waals surface area contributed by atoms with E-state index in [1.165, 1.54) is 0 Å². The summed E-state index contributed by atoms with van der Waals surface area (Å²) < 4.78 is 7.18. The molecule has 2 aromatic rings. The Morgan fingerprint density at radius 3 is 2.74 bits per heavy atom. The largest absolute Gasteiger partial charge is 0.361 e. The Kier molecular flexibility index (Phi) is 4.24. The lowest BCUT2D eigenvalue weighted by atomic mass is 10.1. The van der Waals surface area contributed by atoms with Crippen molar-refractivity contribution in [1.82, 2.24) is 19.8 Å². The molecule has 0 aliphatic carbocycles. The monoisotopic (exact) mass is 316 g/mol.